The quantitative estimate of drug-likeness (QED) is 0.750. The molecule has 0 saturated carbocycles. The van der Waals surface area contributed by atoms with Crippen LogP contribution < -0.4 is 5.32 Å². The van der Waals surface area contributed by atoms with E-state index in [0.717, 1.165) is 56.6 Å². The fourth-order valence-electron chi connectivity index (χ4n) is 2.10. The molecule has 1 aromatic rings. The number of nitrogens with zero attached hydrogens (tertiary/aromatic N) is 2. The summed E-state index contributed by atoms with van der Waals surface area (Å²) in [4.78, 5) is 18.8. The normalized spacial score (nSPS) is 10.3. The van der Waals surface area contributed by atoms with Gasteiger partial charge in [-0.2, -0.15) is 0 Å². The average molecular weight is 277 g/mol. The van der Waals surface area contributed by atoms with E-state index in [4.69, 9.17) is 0 Å². The van der Waals surface area contributed by atoms with E-state index in [0.29, 0.717) is 0 Å². The molecule has 0 fully saturated rings. The lowest BCUT2D eigenvalue weighted by molar-refractivity contribution is 0.0752. The number of rotatable bonds is 9. The number of carbonyl (C=O) groups is 1. The van der Waals surface area contributed by atoms with E-state index < -0.39 is 0 Å². The summed E-state index contributed by atoms with van der Waals surface area (Å²) in [6.07, 6.45) is 7.73. The van der Waals surface area contributed by atoms with Gasteiger partial charge in [0.25, 0.3) is 5.91 Å². The average Bonchev–Trinajstić information content (AvgIpc) is 2.48. The predicted molar refractivity (Wildman–Crippen MR) is 84.1 cm³/mol. The summed E-state index contributed by atoms with van der Waals surface area (Å²) >= 11 is 0. The molecular formula is C16H27N3O. The van der Waals surface area contributed by atoms with Gasteiger partial charge in [0.2, 0.25) is 0 Å². The maximum Gasteiger partial charge on any atom is 0.256 e. The van der Waals surface area contributed by atoms with Gasteiger partial charge >= 0.3 is 0 Å². The van der Waals surface area contributed by atoms with Gasteiger partial charge in [0.15, 0.2) is 0 Å². The molecule has 0 unspecified atom stereocenters. The highest BCUT2D eigenvalue weighted by molar-refractivity contribution is 5.99. The summed E-state index contributed by atoms with van der Waals surface area (Å²) in [6.45, 7) is 8.79. The van der Waals surface area contributed by atoms with Gasteiger partial charge in [-0.15, -0.1) is 0 Å². The van der Waals surface area contributed by atoms with Crippen molar-refractivity contribution in [2.45, 2.75) is 46.5 Å². The SMILES string of the molecule is CCCCN(CCCC)C(=O)c1ccncc1NCC. The Balaban J connectivity index is 2.86. The third-order valence-corrected chi connectivity index (χ3v) is 3.27. The van der Waals surface area contributed by atoms with Gasteiger partial charge < -0.3 is 10.2 Å². The minimum absolute atomic E-state index is 0.116. The minimum Gasteiger partial charge on any atom is -0.383 e. The van der Waals surface area contributed by atoms with Gasteiger partial charge in [-0.1, -0.05) is 26.7 Å². The maximum atomic E-state index is 12.7. The highest BCUT2D eigenvalue weighted by Crippen LogP contribution is 2.16. The van der Waals surface area contributed by atoms with Crippen LogP contribution in [-0.2, 0) is 0 Å². The first-order chi connectivity index (χ1) is 9.74. The molecule has 4 nitrogen and oxygen atoms in total. The molecule has 1 aromatic heterocycles. The largest absolute Gasteiger partial charge is 0.383 e. The standard InChI is InChI=1S/C16H27N3O/c1-4-7-11-19(12-8-5-2)16(20)14-9-10-17-13-15(14)18-6-3/h9-10,13,18H,4-8,11-12H2,1-3H3. The van der Waals surface area contributed by atoms with Crippen molar-refractivity contribution in [3.63, 3.8) is 0 Å². The molecule has 4 heteroatoms. The summed E-state index contributed by atoms with van der Waals surface area (Å²) in [5, 5.41) is 3.21. The summed E-state index contributed by atoms with van der Waals surface area (Å²) in [7, 11) is 0. The summed E-state index contributed by atoms with van der Waals surface area (Å²) in [6, 6.07) is 1.81. The molecule has 0 aliphatic heterocycles. The molecule has 0 atom stereocenters. The van der Waals surface area contributed by atoms with Crippen LogP contribution in [0.15, 0.2) is 18.5 Å². The lowest BCUT2D eigenvalue weighted by atomic mass is 10.1. The summed E-state index contributed by atoms with van der Waals surface area (Å²) in [5.41, 5.74) is 1.56. The molecule has 0 aromatic carbocycles. The fraction of sp³-hybridized carbons (Fsp3) is 0.625. The first-order valence-corrected chi connectivity index (χ1v) is 7.71. The van der Waals surface area contributed by atoms with Crippen LogP contribution in [0.4, 0.5) is 5.69 Å². The molecule has 0 saturated heterocycles. The van der Waals surface area contributed by atoms with E-state index in [9.17, 15) is 4.79 Å². The van der Waals surface area contributed by atoms with Crippen molar-refractivity contribution < 1.29 is 4.79 Å². The van der Waals surface area contributed by atoms with Crippen LogP contribution in [0.5, 0.6) is 0 Å². The Hall–Kier alpha value is -1.58. The lowest BCUT2D eigenvalue weighted by Crippen LogP contribution is -2.33. The van der Waals surface area contributed by atoms with E-state index in [2.05, 4.69) is 24.1 Å². The van der Waals surface area contributed by atoms with Gasteiger partial charge in [0, 0.05) is 25.8 Å². The van der Waals surface area contributed by atoms with Crippen LogP contribution in [0.3, 0.4) is 0 Å². The highest BCUT2D eigenvalue weighted by atomic mass is 16.2. The first kappa shape index (κ1) is 16.5. The highest BCUT2D eigenvalue weighted by Gasteiger charge is 2.17. The Morgan fingerprint density at radius 2 is 1.85 bits per heavy atom. The Bertz CT molecular complexity index is 398. The third kappa shape index (κ3) is 4.83. The van der Waals surface area contributed by atoms with E-state index in [1.54, 1.807) is 12.4 Å². The van der Waals surface area contributed by atoms with E-state index in [-0.39, 0.29) is 5.91 Å². The molecule has 1 rings (SSSR count). The van der Waals surface area contributed by atoms with Crippen LogP contribution >= 0.6 is 0 Å². The number of anilines is 1. The van der Waals surface area contributed by atoms with Gasteiger partial charge in [-0.05, 0) is 25.8 Å². The van der Waals surface area contributed by atoms with Crippen molar-refractivity contribution in [1.82, 2.24) is 9.88 Å². The second kappa shape index (κ2) is 9.34. The first-order valence-electron chi connectivity index (χ1n) is 7.71. The van der Waals surface area contributed by atoms with E-state index in [1.807, 2.05) is 17.9 Å². The van der Waals surface area contributed by atoms with Gasteiger partial charge in [-0.3, -0.25) is 9.78 Å². The Morgan fingerprint density at radius 1 is 1.20 bits per heavy atom. The van der Waals surface area contributed by atoms with Gasteiger partial charge in [0.1, 0.15) is 0 Å². The number of amides is 1. The maximum absolute atomic E-state index is 12.7. The van der Waals surface area contributed by atoms with Crippen LogP contribution in [0.25, 0.3) is 0 Å². The molecule has 1 heterocycles. The monoisotopic (exact) mass is 277 g/mol. The zero-order valence-electron chi connectivity index (χ0n) is 13.0. The second-order valence-corrected chi connectivity index (χ2v) is 4.95. The van der Waals surface area contributed by atoms with Crippen molar-refractivity contribution >= 4 is 11.6 Å². The zero-order valence-corrected chi connectivity index (χ0v) is 13.0. The van der Waals surface area contributed by atoms with Gasteiger partial charge in [0.05, 0.1) is 17.4 Å². The second-order valence-electron chi connectivity index (χ2n) is 4.95. The summed E-state index contributed by atoms with van der Waals surface area (Å²) in [5.74, 6) is 0.116. The van der Waals surface area contributed by atoms with Crippen molar-refractivity contribution in [3.8, 4) is 0 Å². The third-order valence-electron chi connectivity index (χ3n) is 3.27. The molecule has 20 heavy (non-hydrogen) atoms. The number of aromatic nitrogens is 1. The molecule has 0 aliphatic rings. The van der Waals surface area contributed by atoms with Crippen LogP contribution in [-0.4, -0.2) is 35.4 Å². The number of hydrogen-bond acceptors (Lipinski definition) is 3. The molecule has 1 amide bonds. The molecule has 0 spiro atoms. The molecular weight excluding hydrogens is 250 g/mol. The number of hydrogen-bond donors (Lipinski definition) is 1. The number of carbonyl (C=O) groups excluding carboxylic acids is 1. The summed E-state index contributed by atoms with van der Waals surface area (Å²) < 4.78 is 0. The number of nitrogens with one attached hydrogen (secondary N) is 1. The van der Waals surface area contributed by atoms with E-state index >= 15 is 0 Å². The molecule has 112 valence electrons. The topological polar surface area (TPSA) is 45.2 Å². The van der Waals surface area contributed by atoms with Gasteiger partial charge in [-0.25, -0.2) is 0 Å². The van der Waals surface area contributed by atoms with Crippen LogP contribution in [0.1, 0.15) is 56.8 Å². The molecule has 0 bridgehead atoms. The molecule has 0 aliphatic carbocycles. The Morgan fingerprint density at radius 3 is 2.40 bits per heavy atom. The van der Waals surface area contributed by atoms with Crippen LogP contribution in [0.2, 0.25) is 0 Å². The zero-order chi connectivity index (χ0) is 14.8. The Kier molecular flexibility index (Phi) is 7.70. The predicted octanol–water partition coefficient (Wildman–Crippen LogP) is 3.56. The van der Waals surface area contributed by atoms with Crippen molar-refractivity contribution in [2.75, 3.05) is 25.0 Å². The molecule has 1 N–H and O–H groups in total. The van der Waals surface area contributed by atoms with E-state index in [1.165, 1.54) is 0 Å². The number of pyridine rings is 1. The van der Waals surface area contributed by atoms with Crippen LogP contribution in [0, 0.1) is 0 Å². The number of unbranched alkanes of at least 4 members (excludes halogenated alkanes) is 2. The Labute approximate surface area is 122 Å². The minimum atomic E-state index is 0.116. The van der Waals surface area contributed by atoms with Crippen molar-refractivity contribution in [3.05, 3.63) is 24.0 Å². The fourth-order valence-corrected chi connectivity index (χ4v) is 2.10. The smallest absolute Gasteiger partial charge is 0.256 e. The van der Waals surface area contributed by atoms with Crippen molar-refractivity contribution in [1.29, 1.82) is 0 Å². The van der Waals surface area contributed by atoms with Crippen molar-refractivity contribution in [2.24, 2.45) is 0 Å². The lowest BCUT2D eigenvalue weighted by Gasteiger charge is -2.23. The molecule has 0 radical (unpaired) electrons.